The van der Waals surface area contributed by atoms with Crippen LogP contribution in [-0.2, 0) is 22.0 Å². The van der Waals surface area contributed by atoms with Gasteiger partial charge < -0.3 is 9.88 Å². The van der Waals surface area contributed by atoms with Gasteiger partial charge in [0.05, 0.1) is 6.26 Å². The molecule has 0 unspecified atom stereocenters. The zero-order chi connectivity index (χ0) is 19.3. The monoisotopic (exact) mass is 382 g/mol. The van der Waals surface area contributed by atoms with Crippen molar-refractivity contribution in [2.45, 2.75) is 51.6 Å². The SMILES string of the molecule is CC(C)[C@H](C)NC(=O)c1cn2c(nc1=O)[C@]1(CCN(S(C)(=O)=O)C1)CC2. The number of nitrogens with one attached hydrogen (secondary N) is 1. The summed E-state index contributed by atoms with van der Waals surface area (Å²) in [4.78, 5) is 29.1. The van der Waals surface area contributed by atoms with Crippen molar-refractivity contribution in [1.82, 2.24) is 19.2 Å². The van der Waals surface area contributed by atoms with Crippen LogP contribution >= 0.6 is 0 Å². The highest BCUT2D eigenvalue weighted by Gasteiger charge is 2.48. The minimum Gasteiger partial charge on any atom is -0.349 e. The minimum atomic E-state index is -3.27. The van der Waals surface area contributed by atoms with Crippen molar-refractivity contribution in [2.24, 2.45) is 5.92 Å². The van der Waals surface area contributed by atoms with Crippen molar-refractivity contribution in [3.05, 3.63) is 27.9 Å². The minimum absolute atomic E-state index is 0.0382. The second-order valence-electron chi connectivity index (χ2n) is 7.86. The number of aryl methyl sites for hydroxylation is 1. The number of nitrogens with zero attached hydrogens (tertiary/aromatic N) is 3. The lowest BCUT2D eigenvalue weighted by Gasteiger charge is -2.22. The van der Waals surface area contributed by atoms with Crippen LogP contribution in [0.5, 0.6) is 0 Å². The topological polar surface area (TPSA) is 101 Å². The van der Waals surface area contributed by atoms with Gasteiger partial charge in [0.15, 0.2) is 0 Å². The Morgan fingerprint density at radius 1 is 1.27 bits per heavy atom. The van der Waals surface area contributed by atoms with Crippen LogP contribution in [0.15, 0.2) is 11.0 Å². The first-order valence-corrected chi connectivity index (χ1v) is 10.8. The zero-order valence-electron chi connectivity index (χ0n) is 15.7. The molecule has 0 aromatic carbocycles. The predicted molar refractivity (Wildman–Crippen MR) is 97.6 cm³/mol. The molecule has 1 aromatic rings. The predicted octanol–water partition coefficient (Wildman–Crippen LogP) is 0.324. The second kappa shape index (κ2) is 6.45. The van der Waals surface area contributed by atoms with Crippen LogP contribution in [0.1, 0.15) is 49.8 Å². The van der Waals surface area contributed by atoms with Gasteiger partial charge in [-0.15, -0.1) is 0 Å². The first-order valence-electron chi connectivity index (χ1n) is 8.91. The van der Waals surface area contributed by atoms with Crippen LogP contribution in [0.2, 0.25) is 0 Å². The second-order valence-corrected chi connectivity index (χ2v) is 9.84. The third kappa shape index (κ3) is 3.29. The molecule has 0 aliphatic carbocycles. The normalized spacial score (nSPS) is 24.2. The molecule has 2 aliphatic rings. The Labute approximate surface area is 153 Å². The molecular formula is C17H26N4O4S. The lowest BCUT2D eigenvalue weighted by atomic mass is 9.85. The van der Waals surface area contributed by atoms with Crippen molar-refractivity contribution in [1.29, 1.82) is 0 Å². The van der Waals surface area contributed by atoms with E-state index in [4.69, 9.17) is 0 Å². The van der Waals surface area contributed by atoms with Crippen LogP contribution < -0.4 is 10.9 Å². The van der Waals surface area contributed by atoms with E-state index >= 15 is 0 Å². The number of fused-ring (bicyclic) bond motifs is 2. The molecule has 144 valence electrons. The van der Waals surface area contributed by atoms with Crippen molar-refractivity contribution in [3.8, 4) is 0 Å². The summed E-state index contributed by atoms with van der Waals surface area (Å²) in [5, 5.41) is 2.84. The number of amides is 1. The Morgan fingerprint density at radius 2 is 1.92 bits per heavy atom. The van der Waals surface area contributed by atoms with Gasteiger partial charge in [-0.3, -0.25) is 9.59 Å². The van der Waals surface area contributed by atoms with E-state index in [-0.39, 0.29) is 17.5 Å². The van der Waals surface area contributed by atoms with Crippen molar-refractivity contribution < 1.29 is 13.2 Å². The van der Waals surface area contributed by atoms with Gasteiger partial charge in [-0.2, -0.15) is 4.98 Å². The van der Waals surface area contributed by atoms with Gasteiger partial charge in [-0.1, -0.05) is 13.8 Å². The summed E-state index contributed by atoms with van der Waals surface area (Å²) in [7, 11) is -3.27. The molecule has 8 nitrogen and oxygen atoms in total. The number of hydrogen-bond donors (Lipinski definition) is 1. The Bertz CT molecular complexity index is 893. The molecule has 1 saturated heterocycles. The van der Waals surface area contributed by atoms with Gasteiger partial charge in [0.25, 0.3) is 11.5 Å². The molecular weight excluding hydrogens is 356 g/mol. The fourth-order valence-corrected chi connectivity index (χ4v) is 4.55. The molecule has 9 heteroatoms. The molecule has 2 aliphatic heterocycles. The molecule has 1 amide bonds. The number of hydrogen-bond acceptors (Lipinski definition) is 5. The Kier molecular flexibility index (Phi) is 4.72. The molecule has 0 saturated carbocycles. The summed E-state index contributed by atoms with van der Waals surface area (Å²) >= 11 is 0. The molecule has 1 N–H and O–H groups in total. The molecule has 1 aromatic heterocycles. The summed E-state index contributed by atoms with van der Waals surface area (Å²) in [6.07, 6.45) is 4.14. The fraction of sp³-hybridized carbons (Fsp3) is 0.706. The third-order valence-corrected chi connectivity index (χ3v) is 6.94. The lowest BCUT2D eigenvalue weighted by Crippen LogP contribution is -2.40. The van der Waals surface area contributed by atoms with Crippen molar-refractivity contribution >= 4 is 15.9 Å². The van der Waals surface area contributed by atoms with Crippen LogP contribution in [-0.4, -0.2) is 53.6 Å². The molecule has 2 atom stereocenters. The summed E-state index contributed by atoms with van der Waals surface area (Å²) in [6.45, 7) is 7.29. The Morgan fingerprint density at radius 3 is 2.50 bits per heavy atom. The van der Waals surface area contributed by atoms with E-state index in [1.165, 1.54) is 10.6 Å². The number of sulfonamides is 1. The van der Waals surface area contributed by atoms with Gasteiger partial charge in [-0.05, 0) is 25.7 Å². The number of carbonyl (C=O) groups is 1. The average molecular weight is 382 g/mol. The lowest BCUT2D eigenvalue weighted by molar-refractivity contribution is 0.0928. The van der Waals surface area contributed by atoms with E-state index in [9.17, 15) is 18.0 Å². The van der Waals surface area contributed by atoms with Gasteiger partial charge in [-0.25, -0.2) is 12.7 Å². The Balaban J connectivity index is 1.90. The smallest absolute Gasteiger partial charge is 0.285 e. The van der Waals surface area contributed by atoms with E-state index < -0.39 is 26.9 Å². The molecule has 0 bridgehead atoms. The summed E-state index contributed by atoms with van der Waals surface area (Å²) in [5.74, 6) is 0.444. The van der Waals surface area contributed by atoms with Crippen LogP contribution in [0, 0.1) is 5.92 Å². The van der Waals surface area contributed by atoms with Gasteiger partial charge in [0, 0.05) is 37.3 Å². The van der Waals surface area contributed by atoms with Crippen LogP contribution in [0.4, 0.5) is 0 Å². The number of rotatable bonds is 4. The standard InChI is InChI=1S/C17H26N4O4S/c1-11(2)12(3)18-14(22)13-9-20-7-5-17(16(20)19-15(13)23)6-8-21(10-17)26(4,24)25/h9,11-12H,5-8,10H2,1-4H3,(H,18,22)/t12-,17-/m0/s1. The molecule has 3 heterocycles. The van der Waals surface area contributed by atoms with Crippen LogP contribution in [0.3, 0.4) is 0 Å². The van der Waals surface area contributed by atoms with E-state index in [1.807, 2.05) is 25.3 Å². The molecule has 3 rings (SSSR count). The molecule has 26 heavy (non-hydrogen) atoms. The highest BCUT2D eigenvalue weighted by Crippen LogP contribution is 2.41. The maximum atomic E-state index is 12.5. The van der Waals surface area contributed by atoms with Crippen molar-refractivity contribution in [3.63, 3.8) is 0 Å². The van der Waals surface area contributed by atoms with E-state index in [1.54, 1.807) is 6.20 Å². The molecule has 1 fully saturated rings. The summed E-state index contributed by atoms with van der Waals surface area (Å²) < 4.78 is 27.0. The fourth-order valence-electron chi connectivity index (χ4n) is 3.64. The maximum Gasteiger partial charge on any atom is 0.285 e. The number of carbonyl (C=O) groups excluding carboxylic acids is 1. The Hall–Kier alpha value is -1.74. The molecule has 1 spiro atoms. The maximum absolute atomic E-state index is 12.5. The van der Waals surface area contributed by atoms with Crippen molar-refractivity contribution in [2.75, 3.05) is 19.3 Å². The van der Waals surface area contributed by atoms with Gasteiger partial charge in [0.1, 0.15) is 11.4 Å². The van der Waals surface area contributed by atoms with Gasteiger partial charge >= 0.3 is 0 Å². The zero-order valence-corrected chi connectivity index (χ0v) is 16.5. The van der Waals surface area contributed by atoms with Gasteiger partial charge in [0.2, 0.25) is 10.0 Å². The largest absolute Gasteiger partial charge is 0.349 e. The molecule has 0 radical (unpaired) electrons. The number of aromatic nitrogens is 2. The van der Waals surface area contributed by atoms with E-state index in [2.05, 4.69) is 10.3 Å². The first kappa shape index (κ1) is 19.0. The van der Waals surface area contributed by atoms with Crippen LogP contribution in [0.25, 0.3) is 0 Å². The highest BCUT2D eigenvalue weighted by atomic mass is 32.2. The third-order valence-electron chi connectivity index (χ3n) is 5.69. The highest BCUT2D eigenvalue weighted by molar-refractivity contribution is 7.88. The first-order chi connectivity index (χ1) is 12.0. The summed E-state index contributed by atoms with van der Waals surface area (Å²) in [5.41, 5.74) is -0.942. The van der Waals surface area contributed by atoms with E-state index in [0.29, 0.717) is 31.9 Å². The van der Waals surface area contributed by atoms with E-state index in [0.717, 1.165) is 6.42 Å². The summed E-state index contributed by atoms with van der Waals surface area (Å²) in [6, 6.07) is -0.0513. The quantitative estimate of drug-likeness (QED) is 0.808. The average Bonchev–Trinajstić information content (AvgIpc) is 3.12.